The Morgan fingerprint density at radius 2 is 2.00 bits per heavy atom. The minimum absolute atomic E-state index is 0.113. The summed E-state index contributed by atoms with van der Waals surface area (Å²) in [5, 5.41) is 9.56. The number of hydrogen-bond donors (Lipinski definition) is 1. The number of aliphatic hydroxyl groups is 1. The van der Waals surface area contributed by atoms with Crippen LogP contribution in [-0.2, 0) is 4.74 Å². The molecule has 1 fully saturated rings. The van der Waals surface area contributed by atoms with Gasteiger partial charge in [-0.05, 0) is 38.7 Å². The molecule has 0 aromatic heterocycles. The SMILES string of the molecule is CC1C=C(N2CCC(O)CC2)C=C(OC(C)C)C1. The van der Waals surface area contributed by atoms with E-state index in [-0.39, 0.29) is 12.2 Å². The Morgan fingerprint density at radius 3 is 2.61 bits per heavy atom. The van der Waals surface area contributed by atoms with E-state index in [1.54, 1.807) is 0 Å². The van der Waals surface area contributed by atoms with E-state index in [1.807, 2.05) is 0 Å². The standard InChI is InChI=1S/C15H25NO2/c1-11(2)18-15-9-12(3)8-13(10-15)16-6-4-14(17)5-7-16/h8,10-12,14,17H,4-7,9H2,1-3H3. The van der Waals surface area contributed by atoms with Crippen molar-refractivity contribution in [1.29, 1.82) is 0 Å². The first-order valence-electron chi connectivity index (χ1n) is 7.06. The lowest BCUT2D eigenvalue weighted by Gasteiger charge is -2.34. The predicted molar refractivity (Wildman–Crippen MR) is 73.0 cm³/mol. The van der Waals surface area contributed by atoms with E-state index in [1.165, 1.54) is 5.70 Å². The molecule has 0 bridgehead atoms. The van der Waals surface area contributed by atoms with Gasteiger partial charge in [0.25, 0.3) is 0 Å². The third kappa shape index (κ3) is 3.52. The minimum Gasteiger partial charge on any atom is -0.495 e. The number of aliphatic hydroxyl groups excluding tert-OH is 1. The highest BCUT2D eigenvalue weighted by Crippen LogP contribution is 2.27. The zero-order valence-corrected chi connectivity index (χ0v) is 11.7. The lowest BCUT2D eigenvalue weighted by atomic mass is 9.97. The number of allylic oxidation sites excluding steroid dienone is 3. The molecule has 1 aliphatic heterocycles. The lowest BCUT2D eigenvalue weighted by molar-refractivity contribution is 0.0962. The Balaban J connectivity index is 2.04. The molecule has 18 heavy (non-hydrogen) atoms. The van der Waals surface area contributed by atoms with Crippen LogP contribution in [0.1, 0.15) is 40.0 Å². The Bertz CT molecular complexity index is 338. The Hall–Kier alpha value is -0.960. The first-order chi connectivity index (χ1) is 8.54. The van der Waals surface area contributed by atoms with Gasteiger partial charge in [-0.15, -0.1) is 0 Å². The van der Waals surface area contributed by atoms with Crippen LogP contribution in [0.3, 0.4) is 0 Å². The second-order valence-electron chi connectivity index (χ2n) is 5.77. The van der Waals surface area contributed by atoms with Crippen molar-refractivity contribution in [3.8, 4) is 0 Å². The number of ether oxygens (including phenoxy) is 1. The average Bonchev–Trinajstić information content (AvgIpc) is 2.28. The molecule has 1 heterocycles. The van der Waals surface area contributed by atoms with Crippen molar-refractivity contribution < 1.29 is 9.84 Å². The van der Waals surface area contributed by atoms with Gasteiger partial charge in [0.05, 0.1) is 18.0 Å². The smallest absolute Gasteiger partial charge is 0.0989 e. The van der Waals surface area contributed by atoms with Crippen LogP contribution in [0.4, 0.5) is 0 Å². The van der Waals surface area contributed by atoms with Crippen LogP contribution in [0.2, 0.25) is 0 Å². The van der Waals surface area contributed by atoms with Crippen LogP contribution >= 0.6 is 0 Å². The molecule has 0 amide bonds. The molecule has 1 saturated heterocycles. The van der Waals surface area contributed by atoms with E-state index in [0.29, 0.717) is 5.92 Å². The van der Waals surface area contributed by atoms with Gasteiger partial charge in [0.2, 0.25) is 0 Å². The summed E-state index contributed by atoms with van der Waals surface area (Å²) in [4.78, 5) is 2.37. The van der Waals surface area contributed by atoms with E-state index < -0.39 is 0 Å². The van der Waals surface area contributed by atoms with Crippen LogP contribution in [-0.4, -0.2) is 35.3 Å². The Morgan fingerprint density at radius 1 is 1.33 bits per heavy atom. The molecule has 2 rings (SSSR count). The van der Waals surface area contributed by atoms with Gasteiger partial charge in [-0.25, -0.2) is 0 Å². The predicted octanol–water partition coefficient (Wildman–Crippen LogP) is 2.68. The zero-order chi connectivity index (χ0) is 13.1. The Labute approximate surface area is 110 Å². The molecule has 0 radical (unpaired) electrons. The fourth-order valence-corrected chi connectivity index (χ4v) is 2.65. The van der Waals surface area contributed by atoms with Crippen molar-refractivity contribution in [3.05, 3.63) is 23.6 Å². The van der Waals surface area contributed by atoms with Gasteiger partial charge in [-0.3, -0.25) is 0 Å². The first-order valence-corrected chi connectivity index (χ1v) is 7.06. The zero-order valence-electron chi connectivity index (χ0n) is 11.7. The van der Waals surface area contributed by atoms with E-state index in [0.717, 1.165) is 38.1 Å². The van der Waals surface area contributed by atoms with Gasteiger partial charge in [-0.1, -0.05) is 13.0 Å². The van der Waals surface area contributed by atoms with Gasteiger partial charge in [-0.2, -0.15) is 0 Å². The molecule has 3 nitrogen and oxygen atoms in total. The number of rotatable bonds is 3. The molecule has 102 valence electrons. The molecule has 3 heteroatoms. The number of hydrogen-bond acceptors (Lipinski definition) is 3. The summed E-state index contributed by atoms with van der Waals surface area (Å²) in [6, 6.07) is 0. The summed E-state index contributed by atoms with van der Waals surface area (Å²) in [6.07, 6.45) is 7.38. The van der Waals surface area contributed by atoms with Gasteiger partial charge < -0.3 is 14.7 Å². The van der Waals surface area contributed by atoms with Crippen molar-refractivity contribution in [2.75, 3.05) is 13.1 Å². The van der Waals surface area contributed by atoms with Gasteiger partial charge in [0.15, 0.2) is 0 Å². The van der Waals surface area contributed by atoms with Crippen molar-refractivity contribution in [3.63, 3.8) is 0 Å². The summed E-state index contributed by atoms with van der Waals surface area (Å²) >= 11 is 0. The molecule has 1 atom stereocenters. The fraction of sp³-hybridized carbons (Fsp3) is 0.733. The summed E-state index contributed by atoms with van der Waals surface area (Å²) < 4.78 is 5.85. The Kier molecular flexibility index (Phi) is 4.33. The van der Waals surface area contributed by atoms with E-state index in [2.05, 4.69) is 37.8 Å². The van der Waals surface area contributed by atoms with Crippen LogP contribution < -0.4 is 0 Å². The van der Waals surface area contributed by atoms with Crippen LogP contribution in [0.25, 0.3) is 0 Å². The molecule has 2 aliphatic rings. The van der Waals surface area contributed by atoms with Gasteiger partial charge >= 0.3 is 0 Å². The van der Waals surface area contributed by atoms with Crippen LogP contribution in [0, 0.1) is 5.92 Å². The molecule has 0 aromatic carbocycles. The number of piperidine rings is 1. The molecule has 0 spiro atoms. The third-order valence-corrected chi connectivity index (χ3v) is 3.50. The minimum atomic E-state index is -0.113. The van der Waals surface area contributed by atoms with Crippen molar-refractivity contribution in [1.82, 2.24) is 4.90 Å². The molecular weight excluding hydrogens is 226 g/mol. The summed E-state index contributed by atoms with van der Waals surface area (Å²) in [5.74, 6) is 1.63. The lowest BCUT2D eigenvalue weighted by Crippen LogP contribution is -2.35. The molecular formula is C15H25NO2. The van der Waals surface area contributed by atoms with Crippen LogP contribution in [0.15, 0.2) is 23.6 Å². The van der Waals surface area contributed by atoms with Gasteiger partial charge in [0, 0.05) is 25.2 Å². The largest absolute Gasteiger partial charge is 0.495 e. The molecule has 0 aromatic rings. The molecule has 1 aliphatic carbocycles. The second-order valence-corrected chi connectivity index (χ2v) is 5.77. The normalized spacial score (nSPS) is 26.1. The molecule has 1 unspecified atom stereocenters. The highest BCUT2D eigenvalue weighted by Gasteiger charge is 2.21. The summed E-state index contributed by atoms with van der Waals surface area (Å²) in [5.41, 5.74) is 1.27. The fourth-order valence-electron chi connectivity index (χ4n) is 2.65. The van der Waals surface area contributed by atoms with Gasteiger partial charge in [0.1, 0.15) is 0 Å². The maximum Gasteiger partial charge on any atom is 0.0989 e. The maximum absolute atomic E-state index is 9.56. The maximum atomic E-state index is 9.56. The highest BCUT2D eigenvalue weighted by molar-refractivity contribution is 5.26. The van der Waals surface area contributed by atoms with Crippen molar-refractivity contribution >= 4 is 0 Å². The summed E-state index contributed by atoms with van der Waals surface area (Å²) in [7, 11) is 0. The third-order valence-electron chi connectivity index (χ3n) is 3.50. The van der Waals surface area contributed by atoms with Crippen molar-refractivity contribution in [2.24, 2.45) is 5.92 Å². The van der Waals surface area contributed by atoms with Crippen molar-refractivity contribution in [2.45, 2.75) is 52.2 Å². The molecule has 0 saturated carbocycles. The first kappa shape index (κ1) is 13.5. The second kappa shape index (κ2) is 5.79. The quantitative estimate of drug-likeness (QED) is 0.837. The van der Waals surface area contributed by atoms with Crippen LogP contribution in [0.5, 0.6) is 0 Å². The average molecular weight is 251 g/mol. The van der Waals surface area contributed by atoms with E-state index in [4.69, 9.17) is 4.74 Å². The summed E-state index contributed by atoms with van der Waals surface area (Å²) in [6.45, 7) is 8.27. The number of nitrogens with zero attached hydrogens (tertiary/aromatic N) is 1. The highest BCUT2D eigenvalue weighted by atomic mass is 16.5. The monoisotopic (exact) mass is 251 g/mol. The number of likely N-dealkylation sites (tertiary alicyclic amines) is 1. The molecule has 1 N–H and O–H groups in total. The topological polar surface area (TPSA) is 32.7 Å². The van der Waals surface area contributed by atoms with E-state index >= 15 is 0 Å². The van der Waals surface area contributed by atoms with E-state index in [9.17, 15) is 5.11 Å².